The molecule has 1 saturated heterocycles. The number of aromatic hydroxyl groups is 1. The fraction of sp³-hybridized carbons (Fsp3) is 0.368. The monoisotopic (exact) mass is 311 g/mol. The lowest BCUT2D eigenvalue weighted by atomic mass is 9.92. The Labute approximate surface area is 136 Å². The van der Waals surface area contributed by atoms with Crippen LogP contribution in [0.1, 0.15) is 23.1 Å². The van der Waals surface area contributed by atoms with E-state index in [1.165, 1.54) is 11.1 Å². The Kier molecular flexibility index (Phi) is 3.51. The molecule has 0 radical (unpaired) electrons. The molecule has 1 fully saturated rings. The molecule has 2 aromatic rings. The van der Waals surface area contributed by atoms with Gasteiger partial charge in [-0.05, 0) is 35.2 Å². The standard InChI is InChI=1S/C19H21NO3/c1-22-18-10-14(6-7-17(18)21)11-20-9-8-19(13-20)16-5-3-2-4-15(16)12-23-19/h2-7,10,21H,8-9,11-13H2,1H3/t19-/m0/s1. The van der Waals surface area contributed by atoms with Crippen LogP contribution < -0.4 is 4.74 Å². The van der Waals surface area contributed by atoms with Crippen molar-refractivity contribution < 1.29 is 14.6 Å². The van der Waals surface area contributed by atoms with Crippen molar-refractivity contribution in [2.45, 2.75) is 25.2 Å². The van der Waals surface area contributed by atoms with Crippen LogP contribution >= 0.6 is 0 Å². The second-order valence-corrected chi connectivity index (χ2v) is 6.41. The van der Waals surface area contributed by atoms with E-state index in [-0.39, 0.29) is 11.4 Å². The molecule has 2 aromatic carbocycles. The minimum Gasteiger partial charge on any atom is -0.504 e. The van der Waals surface area contributed by atoms with E-state index in [0.717, 1.165) is 38.2 Å². The van der Waals surface area contributed by atoms with Crippen LogP contribution in [0.3, 0.4) is 0 Å². The Morgan fingerprint density at radius 3 is 3.00 bits per heavy atom. The molecule has 4 nitrogen and oxygen atoms in total. The number of methoxy groups -OCH3 is 1. The maximum Gasteiger partial charge on any atom is 0.160 e. The Morgan fingerprint density at radius 2 is 2.13 bits per heavy atom. The Hall–Kier alpha value is -2.04. The molecule has 0 unspecified atom stereocenters. The van der Waals surface area contributed by atoms with Gasteiger partial charge in [0.1, 0.15) is 5.60 Å². The van der Waals surface area contributed by atoms with Crippen molar-refractivity contribution in [3.05, 3.63) is 59.2 Å². The lowest BCUT2D eigenvalue weighted by molar-refractivity contribution is -0.0299. The number of hydrogen-bond acceptors (Lipinski definition) is 4. The summed E-state index contributed by atoms with van der Waals surface area (Å²) in [5.41, 5.74) is 3.67. The summed E-state index contributed by atoms with van der Waals surface area (Å²) in [5.74, 6) is 0.709. The number of rotatable bonds is 3. The van der Waals surface area contributed by atoms with Crippen LogP contribution in [0.4, 0.5) is 0 Å². The molecular formula is C19H21NO3. The summed E-state index contributed by atoms with van der Waals surface area (Å²) in [7, 11) is 1.58. The number of benzene rings is 2. The minimum atomic E-state index is -0.141. The fourth-order valence-electron chi connectivity index (χ4n) is 3.79. The quantitative estimate of drug-likeness (QED) is 0.946. The number of nitrogens with zero attached hydrogens (tertiary/aromatic N) is 1. The summed E-state index contributed by atoms with van der Waals surface area (Å²) in [4.78, 5) is 2.41. The molecule has 4 heteroatoms. The highest BCUT2D eigenvalue weighted by atomic mass is 16.5. The van der Waals surface area contributed by atoms with Gasteiger partial charge in [0.15, 0.2) is 11.5 Å². The fourth-order valence-corrected chi connectivity index (χ4v) is 3.79. The second-order valence-electron chi connectivity index (χ2n) is 6.41. The SMILES string of the molecule is COc1cc(CN2CC[C@@]3(C2)OCc2ccccc23)ccc1O. The topological polar surface area (TPSA) is 41.9 Å². The van der Waals surface area contributed by atoms with E-state index >= 15 is 0 Å². The third kappa shape index (κ3) is 2.48. The summed E-state index contributed by atoms with van der Waals surface area (Å²) in [6, 6.07) is 14.1. The summed E-state index contributed by atoms with van der Waals surface area (Å²) >= 11 is 0. The van der Waals surface area contributed by atoms with Crippen molar-refractivity contribution in [3.63, 3.8) is 0 Å². The van der Waals surface area contributed by atoms with E-state index in [1.54, 1.807) is 13.2 Å². The molecule has 2 heterocycles. The maximum atomic E-state index is 9.71. The number of phenols is 1. The smallest absolute Gasteiger partial charge is 0.160 e. The summed E-state index contributed by atoms with van der Waals surface area (Å²) in [5, 5.41) is 9.71. The first-order valence-electron chi connectivity index (χ1n) is 8.01. The van der Waals surface area contributed by atoms with Crippen molar-refractivity contribution >= 4 is 0 Å². The summed E-state index contributed by atoms with van der Waals surface area (Å²) in [6.45, 7) is 3.48. The highest BCUT2D eigenvalue weighted by Crippen LogP contribution is 2.43. The van der Waals surface area contributed by atoms with E-state index in [2.05, 4.69) is 29.2 Å². The molecule has 2 aliphatic rings. The van der Waals surface area contributed by atoms with Crippen LogP contribution in [-0.4, -0.2) is 30.2 Å². The highest BCUT2D eigenvalue weighted by molar-refractivity contribution is 5.42. The first-order chi connectivity index (χ1) is 11.2. The van der Waals surface area contributed by atoms with E-state index in [0.29, 0.717) is 5.75 Å². The molecule has 120 valence electrons. The normalized spacial score (nSPS) is 23.3. The van der Waals surface area contributed by atoms with Crippen molar-refractivity contribution in [3.8, 4) is 11.5 Å². The molecule has 0 aromatic heterocycles. The Bertz CT molecular complexity index is 730. The zero-order valence-electron chi connectivity index (χ0n) is 13.3. The van der Waals surface area contributed by atoms with E-state index < -0.39 is 0 Å². The van der Waals surface area contributed by atoms with Gasteiger partial charge in [-0.15, -0.1) is 0 Å². The molecule has 0 saturated carbocycles. The zero-order valence-corrected chi connectivity index (χ0v) is 13.3. The molecular weight excluding hydrogens is 290 g/mol. The van der Waals surface area contributed by atoms with Crippen molar-refractivity contribution in [1.82, 2.24) is 4.90 Å². The Balaban J connectivity index is 1.52. The molecule has 1 spiro atoms. The molecule has 1 N–H and O–H groups in total. The molecule has 23 heavy (non-hydrogen) atoms. The van der Waals surface area contributed by atoms with Gasteiger partial charge in [0.25, 0.3) is 0 Å². The second kappa shape index (κ2) is 5.55. The first kappa shape index (κ1) is 14.5. The molecule has 0 aliphatic carbocycles. The van der Waals surface area contributed by atoms with Crippen LogP contribution in [0.2, 0.25) is 0 Å². The van der Waals surface area contributed by atoms with E-state index in [1.807, 2.05) is 12.1 Å². The maximum absolute atomic E-state index is 9.71. The number of hydrogen-bond donors (Lipinski definition) is 1. The lowest BCUT2D eigenvalue weighted by Gasteiger charge is -2.25. The predicted octanol–water partition coefficient (Wildman–Crippen LogP) is 3.03. The summed E-state index contributed by atoms with van der Waals surface area (Å²) < 4.78 is 11.4. The van der Waals surface area contributed by atoms with Gasteiger partial charge in [-0.3, -0.25) is 4.90 Å². The molecule has 2 aliphatic heterocycles. The van der Waals surface area contributed by atoms with Gasteiger partial charge in [0.05, 0.1) is 13.7 Å². The zero-order chi connectivity index (χ0) is 15.9. The third-order valence-corrected chi connectivity index (χ3v) is 4.97. The van der Waals surface area contributed by atoms with Crippen LogP contribution in [0.25, 0.3) is 0 Å². The van der Waals surface area contributed by atoms with Gasteiger partial charge >= 0.3 is 0 Å². The number of likely N-dealkylation sites (tertiary alicyclic amines) is 1. The van der Waals surface area contributed by atoms with Gasteiger partial charge in [-0.2, -0.15) is 0 Å². The highest BCUT2D eigenvalue weighted by Gasteiger charge is 2.45. The van der Waals surface area contributed by atoms with Crippen molar-refractivity contribution in [1.29, 1.82) is 0 Å². The van der Waals surface area contributed by atoms with Gasteiger partial charge in [0, 0.05) is 19.6 Å². The molecule has 0 bridgehead atoms. The van der Waals surface area contributed by atoms with Gasteiger partial charge in [0.2, 0.25) is 0 Å². The summed E-state index contributed by atoms with van der Waals surface area (Å²) in [6.07, 6.45) is 1.03. The van der Waals surface area contributed by atoms with Crippen LogP contribution in [0.15, 0.2) is 42.5 Å². The van der Waals surface area contributed by atoms with Crippen molar-refractivity contribution in [2.24, 2.45) is 0 Å². The van der Waals surface area contributed by atoms with Crippen LogP contribution in [0, 0.1) is 0 Å². The molecule has 4 rings (SSSR count). The predicted molar refractivity (Wildman–Crippen MR) is 87.5 cm³/mol. The van der Waals surface area contributed by atoms with Crippen LogP contribution in [-0.2, 0) is 23.5 Å². The number of ether oxygens (including phenoxy) is 2. The first-order valence-corrected chi connectivity index (χ1v) is 8.01. The third-order valence-electron chi connectivity index (χ3n) is 4.97. The molecule has 1 atom stereocenters. The largest absolute Gasteiger partial charge is 0.504 e. The van der Waals surface area contributed by atoms with E-state index in [9.17, 15) is 5.11 Å². The molecule has 0 amide bonds. The van der Waals surface area contributed by atoms with Crippen molar-refractivity contribution in [2.75, 3.05) is 20.2 Å². The number of fused-ring (bicyclic) bond motifs is 2. The average molecular weight is 311 g/mol. The lowest BCUT2D eigenvalue weighted by Crippen LogP contribution is -2.30. The minimum absolute atomic E-state index is 0.141. The van der Waals surface area contributed by atoms with Gasteiger partial charge in [-0.1, -0.05) is 30.3 Å². The van der Waals surface area contributed by atoms with E-state index in [4.69, 9.17) is 9.47 Å². The Morgan fingerprint density at radius 1 is 1.26 bits per heavy atom. The number of phenolic OH excluding ortho intramolecular Hbond substituents is 1. The van der Waals surface area contributed by atoms with Gasteiger partial charge in [-0.25, -0.2) is 0 Å². The van der Waals surface area contributed by atoms with Crippen LogP contribution in [0.5, 0.6) is 11.5 Å². The van der Waals surface area contributed by atoms with Gasteiger partial charge < -0.3 is 14.6 Å². The average Bonchev–Trinajstić information content (AvgIpc) is 3.15.